The van der Waals surface area contributed by atoms with Gasteiger partial charge in [0, 0.05) is 18.1 Å². The van der Waals surface area contributed by atoms with Crippen LogP contribution in [0, 0.1) is 0 Å². The lowest BCUT2D eigenvalue weighted by Gasteiger charge is -2.34. The number of nitrogens with one attached hydrogen (secondary N) is 1. The molecule has 1 saturated carbocycles. The van der Waals surface area contributed by atoms with Gasteiger partial charge in [-0.2, -0.15) is 0 Å². The van der Waals surface area contributed by atoms with E-state index in [1.807, 2.05) is 0 Å². The third-order valence-electron chi connectivity index (χ3n) is 4.76. The average molecular weight is 238 g/mol. The molecule has 100 valence electrons. The number of nitrogens with zero attached hydrogens (tertiary/aromatic N) is 1. The summed E-state index contributed by atoms with van der Waals surface area (Å²) in [6.45, 7) is 7.10. The van der Waals surface area contributed by atoms with Gasteiger partial charge in [0.15, 0.2) is 0 Å². The van der Waals surface area contributed by atoms with Crippen molar-refractivity contribution >= 4 is 0 Å². The quantitative estimate of drug-likeness (QED) is 0.809. The third kappa shape index (κ3) is 3.45. The van der Waals surface area contributed by atoms with Crippen molar-refractivity contribution in [3.63, 3.8) is 0 Å². The van der Waals surface area contributed by atoms with E-state index in [0.29, 0.717) is 0 Å². The van der Waals surface area contributed by atoms with Gasteiger partial charge >= 0.3 is 0 Å². The minimum absolute atomic E-state index is 0.797. The first kappa shape index (κ1) is 13.4. The van der Waals surface area contributed by atoms with Crippen LogP contribution in [0.4, 0.5) is 0 Å². The lowest BCUT2D eigenvalue weighted by Crippen LogP contribution is -2.42. The smallest absolute Gasteiger partial charge is 0.0114 e. The Morgan fingerprint density at radius 1 is 1.06 bits per heavy atom. The number of likely N-dealkylation sites (tertiary alicyclic amines) is 1. The molecule has 0 spiro atoms. The fourth-order valence-corrected chi connectivity index (χ4v) is 3.85. The van der Waals surface area contributed by atoms with Gasteiger partial charge in [0.25, 0.3) is 0 Å². The van der Waals surface area contributed by atoms with Crippen LogP contribution in [0.25, 0.3) is 0 Å². The largest absolute Gasteiger partial charge is 0.314 e. The number of hydrogen-bond donors (Lipinski definition) is 1. The summed E-state index contributed by atoms with van der Waals surface area (Å²) in [6, 6.07) is 2.55. The first-order valence-corrected chi connectivity index (χ1v) is 7.84. The third-order valence-corrected chi connectivity index (χ3v) is 4.76. The predicted molar refractivity (Wildman–Crippen MR) is 74.4 cm³/mol. The molecule has 2 nitrogen and oxygen atoms in total. The zero-order valence-corrected chi connectivity index (χ0v) is 11.8. The molecule has 1 saturated heterocycles. The summed E-state index contributed by atoms with van der Waals surface area (Å²) in [5.41, 5.74) is 0. The van der Waals surface area contributed by atoms with Crippen molar-refractivity contribution in [3.05, 3.63) is 0 Å². The Morgan fingerprint density at radius 2 is 1.94 bits per heavy atom. The van der Waals surface area contributed by atoms with Crippen molar-refractivity contribution in [2.24, 2.45) is 0 Å². The lowest BCUT2D eigenvalue weighted by molar-refractivity contribution is 0.133. The molecule has 3 unspecified atom stereocenters. The van der Waals surface area contributed by atoms with Crippen molar-refractivity contribution in [1.82, 2.24) is 10.2 Å². The molecule has 2 aliphatic rings. The summed E-state index contributed by atoms with van der Waals surface area (Å²) >= 11 is 0. The molecule has 0 radical (unpaired) electrons. The van der Waals surface area contributed by atoms with Crippen molar-refractivity contribution in [1.29, 1.82) is 0 Å². The molecule has 0 aromatic rings. The van der Waals surface area contributed by atoms with Gasteiger partial charge in [0.2, 0.25) is 0 Å². The Labute approximate surface area is 107 Å². The SMILES string of the molecule is CCNC1CCC(N2CCCCCC2CC)C1. The highest BCUT2D eigenvalue weighted by atomic mass is 15.2. The van der Waals surface area contributed by atoms with Crippen molar-refractivity contribution in [3.8, 4) is 0 Å². The Bertz CT molecular complexity index is 217. The van der Waals surface area contributed by atoms with E-state index >= 15 is 0 Å². The molecule has 1 N–H and O–H groups in total. The Kier molecular flexibility index (Phi) is 5.30. The zero-order valence-electron chi connectivity index (χ0n) is 11.8. The molecule has 0 bridgehead atoms. The summed E-state index contributed by atoms with van der Waals surface area (Å²) < 4.78 is 0. The van der Waals surface area contributed by atoms with Crippen LogP contribution in [0.2, 0.25) is 0 Å². The van der Waals surface area contributed by atoms with Crippen molar-refractivity contribution in [2.75, 3.05) is 13.1 Å². The molecule has 2 rings (SSSR count). The van der Waals surface area contributed by atoms with Gasteiger partial charge in [-0.25, -0.2) is 0 Å². The molecule has 0 aromatic heterocycles. The lowest BCUT2D eigenvalue weighted by atomic mass is 10.0. The molecule has 1 heterocycles. The second-order valence-corrected chi connectivity index (χ2v) is 5.87. The standard InChI is InChI=1S/C15H30N2/c1-3-14-8-6-5-7-11-17(14)15-10-9-13(12-15)16-4-2/h13-16H,3-12H2,1-2H3. The van der Waals surface area contributed by atoms with E-state index in [-0.39, 0.29) is 0 Å². The van der Waals surface area contributed by atoms with Crippen LogP contribution in [0.3, 0.4) is 0 Å². The molecule has 0 amide bonds. The molecule has 3 atom stereocenters. The van der Waals surface area contributed by atoms with E-state index in [1.54, 1.807) is 0 Å². The molecule has 1 aliphatic heterocycles. The predicted octanol–water partition coefficient (Wildman–Crippen LogP) is 3.17. The average Bonchev–Trinajstić information content (AvgIpc) is 2.66. The summed E-state index contributed by atoms with van der Waals surface area (Å²) in [5, 5.41) is 3.64. The van der Waals surface area contributed by atoms with Crippen LogP contribution < -0.4 is 5.32 Å². The van der Waals surface area contributed by atoms with Crippen LogP contribution >= 0.6 is 0 Å². The van der Waals surface area contributed by atoms with Gasteiger partial charge in [-0.1, -0.05) is 26.7 Å². The fraction of sp³-hybridized carbons (Fsp3) is 1.00. The van der Waals surface area contributed by atoms with Gasteiger partial charge in [0.05, 0.1) is 0 Å². The highest BCUT2D eigenvalue weighted by molar-refractivity contribution is 4.90. The van der Waals surface area contributed by atoms with Gasteiger partial charge in [-0.15, -0.1) is 0 Å². The topological polar surface area (TPSA) is 15.3 Å². The molecule has 17 heavy (non-hydrogen) atoms. The molecule has 2 fully saturated rings. The van der Waals surface area contributed by atoms with E-state index < -0.39 is 0 Å². The highest BCUT2D eigenvalue weighted by Gasteiger charge is 2.32. The molecular weight excluding hydrogens is 208 g/mol. The first-order valence-electron chi connectivity index (χ1n) is 7.84. The van der Waals surface area contributed by atoms with E-state index in [2.05, 4.69) is 24.1 Å². The van der Waals surface area contributed by atoms with Crippen LogP contribution in [-0.4, -0.2) is 36.1 Å². The maximum atomic E-state index is 3.64. The monoisotopic (exact) mass is 238 g/mol. The van der Waals surface area contributed by atoms with Gasteiger partial charge in [-0.3, -0.25) is 4.90 Å². The Balaban J connectivity index is 1.90. The van der Waals surface area contributed by atoms with Crippen LogP contribution in [0.1, 0.15) is 65.2 Å². The number of hydrogen-bond acceptors (Lipinski definition) is 2. The minimum Gasteiger partial charge on any atom is -0.314 e. The van der Waals surface area contributed by atoms with Crippen molar-refractivity contribution in [2.45, 2.75) is 83.3 Å². The minimum atomic E-state index is 0.797. The second-order valence-electron chi connectivity index (χ2n) is 5.87. The molecular formula is C15H30N2. The molecule has 2 heteroatoms. The van der Waals surface area contributed by atoms with Crippen molar-refractivity contribution < 1.29 is 0 Å². The first-order chi connectivity index (χ1) is 8.35. The maximum Gasteiger partial charge on any atom is 0.0114 e. The highest BCUT2D eigenvalue weighted by Crippen LogP contribution is 2.30. The number of rotatable bonds is 4. The van der Waals surface area contributed by atoms with Crippen LogP contribution in [-0.2, 0) is 0 Å². The van der Waals surface area contributed by atoms with E-state index in [0.717, 1.165) is 24.7 Å². The molecule has 0 aromatic carbocycles. The fourth-order valence-electron chi connectivity index (χ4n) is 3.85. The van der Waals surface area contributed by atoms with Crippen LogP contribution in [0.15, 0.2) is 0 Å². The Hall–Kier alpha value is -0.0800. The summed E-state index contributed by atoms with van der Waals surface area (Å²) in [5.74, 6) is 0. The Morgan fingerprint density at radius 3 is 2.71 bits per heavy atom. The van der Waals surface area contributed by atoms with E-state index in [4.69, 9.17) is 0 Å². The van der Waals surface area contributed by atoms with Gasteiger partial charge < -0.3 is 5.32 Å². The maximum absolute atomic E-state index is 3.64. The molecule has 1 aliphatic carbocycles. The van der Waals surface area contributed by atoms with Gasteiger partial charge in [-0.05, 0) is 51.6 Å². The van der Waals surface area contributed by atoms with Crippen LogP contribution in [0.5, 0.6) is 0 Å². The van der Waals surface area contributed by atoms with E-state index in [9.17, 15) is 0 Å². The van der Waals surface area contributed by atoms with Gasteiger partial charge in [0.1, 0.15) is 0 Å². The van der Waals surface area contributed by atoms with E-state index in [1.165, 1.54) is 57.9 Å². The second kappa shape index (κ2) is 6.75. The zero-order chi connectivity index (χ0) is 12.1. The summed E-state index contributed by atoms with van der Waals surface area (Å²) in [6.07, 6.45) is 11.3. The normalized spacial score (nSPS) is 36.0. The summed E-state index contributed by atoms with van der Waals surface area (Å²) in [7, 11) is 0. The summed E-state index contributed by atoms with van der Waals surface area (Å²) in [4.78, 5) is 2.87.